The van der Waals surface area contributed by atoms with E-state index in [9.17, 15) is 0 Å². The second-order valence-electron chi connectivity index (χ2n) is 2.71. The molecule has 0 bridgehead atoms. The minimum absolute atomic E-state index is 0.0113. The summed E-state index contributed by atoms with van der Waals surface area (Å²) in [6.07, 6.45) is 3.81. The van der Waals surface area contributed by atoms with E-state index < -0.39 is 6.23 Å². The van der Waals surface area contributed by atoms with Crippen LogP contribution in [0.3, 0.4) is 0 Å². The SMILES string of the molecule is CCCCC([CH]CO)C(N)O. The van der Waals surface area contributed by atoms with Crippen LogP contribution < -0.4 is 5.73 Å². The lowest BCUT2D eigenvalue weighted by Gasteiger charge is -2.17. The number of unbranched alkanes of at least 4 members (excludes halogenated alkanes) is 1. The Bertz CT molecular complexity index is 86.2. The van der Waals surface area contributed by atoms with Crippen molar-refractivity contribution in [1.82, 2.24) is 0 Å². The molecular weight excluding hydrogens is 142 g/mol. The number of nitrogens with two attached hydrogens (primary N) is 1. The van der Waals surface area contributed by atoms with Gasteiger partial charge in [-0.2, -0.15) is 0 Å². The molecule has 3 heteroatoms. The highest BCUT2D eigenvalue weighted by Gasteiger charge is 2.13. The third-order valence-electron chi connectivity index (χ3n) is 1.74. The zero-order valence-electron chi connectivity index (χ0n) is 7.03. The predicted molar refractivity (Wildman–Crippen MR) is 44.6 cm³/mol. The van der Waals surface area contributed by atoms with Gasteiger partial charge in [0.05, 0.1) is 0 Å². The van der Waals surface area contributed by atoms with Crippen molar-refractivity contribution in [2.45, 2.75) is 32.4 Å². The maximum Gasteiger partial charge on any atom is 0.105 e. The average Bonchev–Trinajstić information content (AvgIpc) is 1.97. The summed E-state index contributed by atoms with van der Waals surface area (Å²) in [7, 11) is 0. The Labute approximate surface area is 68.2 Å². The van der Waals surface area contributed by atoms with Crippen molar-refractivity contribution < 1.29 is 10.2 Å². The summed E-state index contributed by atoms with van der Waals surface area (Å²) in [5, 5.41) is 17.6. The molecule has 0 heterocycles. The van der Waals surface area contributed by atoms with Gasteiger partial charge in [0, 0.05) is 12.5 Å². The van der Waals surface area contributed by atoms with Crippen molar-refractivity contribution in [3.05, 3.63) is 6.42 Å². The molecule has 0 aromatic heterocycles. The topological polar surface area (TPSA) is 66.5 Å². The van der Waals surface area contributed by atoms with Gasteiger partial charge in [-0.05, 0) is 12.8 Å². The second-order valence-corrected chi connectivity index (χ2v) is 2.71. The highest BCUT2D eigenvalue weighted by molar-refractivity contribution is 4.78. The first kappa shape index (κ1) is 10.9. The van der Waals surface area contributed by atoms with Crippen LogP contribution in [-0.4, -0.2) is 23.0 Å². The lowest BCUT2D eigenvalue weighted by Crippen LogP contribution is -2.30. The molecule has 2 atom stereocenters. The molecule has 67 valence electrons. The molecule has 0 saturated carbocycles. The van der Waals surface area contributed by atoms with E-state index in [4.69, 9.17) is 15.9 Å². The van der Waals surface area contributed by atoms with E-state index in [1.807, 2.05) is 0 Å². The Morgan fingerprint density at radius 3 is 2.55 bits per heavy atom. The average molecular weight is 160 g/mol. The molecular formula is C8H18NO2. The molecule has 3 nitrogen and oxygen atoms in total. The third kappa shape index (κ3) is 5.18. The summed E-state index contributed by atoms with van der Waals surface area (Å²) in [6.45, 7) is 2.07. The van der Waals surface area contributed by atoms with Crippen molar-refractivity contribution in [1.29, 1.82) is 0 Å². The van der Waals surface area contributed by atoms with E-state index >= 15 is 0 Å². The number of rotatable bonds is 6. The molecule has 0 rings (SSSR count). The second kappa shape index (κ2) is 6.58. The highest BCUT2D eigenvalue weighted by atomic mass is 16.3. The molecule has 0 aliphatic carbocycles. The van der Waals surface area contributed by atoms with Crippen LogP contribution in [-0.2, 0) is 0 Å². The smallest absolute Gasteiger partial charge is 0.105 e. The first-order valence-corrected chi connectivity index (χ1v) is 4.10. The Balaban J connectivity index is 3.51. The van der Waals surface area contributed by atoms with Gasteiger partial charge in [-0.15, -0.1) is 0 Å². The van der Waals surface area contributed by atoms with Crippen LogP contribution in [0.4, 0.5) is 0 Å². The van der Waals surface area contributed by atoms with Gasteiger partial charge in [0.1, 0.15) is 6.23 Å². The van der Waals surface area contributed by atoms with Crippen molar-refractivity contribution in [2.75, 3.05) is 6.61 Å². The molecule has 0 saturated heterocycles. The van der Waals surface area contributed by atoms with Crippen molar-refractivity contribution in [3.8, 4) is 0 Å². The summed E-state index contributed by atoms with van der Waals surface area (Å²) in [4.78, 5) is 0. The molecule has 0 spiro atoms. The van der Waals surface area contributed by atoms with E-state index in [1.165, 1.54) is 0 Å². The number of hydrogen-bond donors (Lipinski definition) is 3. The van der Waals surface area contributed by atoms with E-state index in [2.05, 4.69) is 6.92 Å². The third-order valence-corrected chi connectivity index (χ3v) is 1.74. The lowest BCUT2D eigenvalue weighted by atomic mass is 9.97. The minimum Gasteiger partial charge on any atom is -0.396 e. The van der Waals surface area contributed by atoms with E-state index in [-0.39, 0.29) is 12.5 Å². The predicted octanol–water partition coefficient (Wildman–Crippen LogP) is 0.266. The first-order chi connectivity index (χ1) is 5.22. The Kier molecular flexibility index (Phi) is 6.51. The minimum atomic E-state index is -0.825. The van der Waals surface area contributed by atoms with Crippen LogP contribution in [0.25, 0.3) is 0 Å². The zero-order chi connectivity index (χ0) is 8.69. The standard InChI is InChI=1S/C8H18NO2/c1-2-3-4-7(5-6-10)8(9)11/h5,7-8,10-11H,2-4,6,9H2,1H3. The molecule has 11 heavy (non-hydrogen) atoms. The van der Waals surface area contributed by atoms with Crippen molar-refractivity contribution in [3.63, 3.8) is 0 Å². The highest BCUT2D eigenvalue weighted by Crippen LogP contribution is 2.13. The summed E-state index contributed by atoms with van der Waals surface area (Å²) >= 11 is 0. The molecule has 0 aromatic rings. The summed E-state index contributed by atoms with van der Waals surface area (Å²) < 4.78 is 0. The van der Waals surface area contributed by atoms with Gasteiger partial charge in [0.15, 0.2) is 0 Å². The van der Waals surface area contributed by atoms with Crippen LogP contribution in [0.1, 0.15) is 26.2 Å². The Morgan fingerprint density at radius 1 is 1.55 bits per heavy atom. The van der Waals surface area contributed by atoms with Crippen LogP contribution in [0.5, 0.6) is 0 Å². The van der Waals surface area contributed by atoms with Crippen LogP contribution in [0, 0.1) is 12.3 Å². The number of hydrogen-bond acceptors (Lipinski definition) is 3. The van der Waals surface area contributed by atoms with Gasteiger partial charge in [0.25, 0.3) is 0 Å². The summed E-state index contributed by atoms with van der Waals surface area (Å²) in [6, 6.07) is 0. The maximum absolute atomic E-state index is 9.01. The molecule has 2 unspecified atom stereocenters. The van der Waals surface area contributed by atoms with Gasteiger partial charge in [0.2, 0.25) is 0 Å². The zero-order valence-corrected chi connectivity index (χ0v) is 7.03. The van der Waals surface area contributed by atoms with E-state index in [0.29, 0.717) is 0 Å². The van der Waals surface area contributed by atoms with Crippen LogP contribution in [0.15, 0.2) is 0 Å². The van der Waals surface area contributed by atoms with Crippen molar-refractivity contribution >= 4 is 0 Å². The monoisotopic (exact) mass is 160 g/mol. The van der Waals surface area contributed by atoms with Crippen LogP contribution in [0.2, 0.25) is 0 Å². The van der Waals surface area contributed by atoms with E-state index in [1.54, 1.807) is 6.42 Å². The summed E-state index contributed by atoms with van der Waals surface area (Å²) in [5.41, 5.74) is 5.28. The normalized spacial score (nSPS) is 16.4. The maximum atomic E-state index is 9.01. The van der Waals surface area contributed by atoms with Gasteiger partial charge in [-0.1, -0.05) is 19.8 Å². The molecule has 4 N–H and O–H groups in total. The fraction of sp³-hybridized carbons (Fsp3) is 0.875. The molecule has 0 fully saturated rings. The summed E-state index contributed by atoms with van der Waals surface area (Å²) in [5.74, 6) is -0.0556. The molecule has 0 aliphatic heterocycles. The molecule has 1 radical (unpaired) electrons. The van der Waals surface area contributed by atoms with Gasteiger partial charge in [-0.3, -0.25) is 0 Å². The van der Waals surface area contributed by atoms with Gasteiger partial charge in [-0.25, -0.2) is 0 Å². The van der Waals surface area contributed by atoms with Crippen molar-refractivity contribution in [2.24, 2.45) is 11.7 Å². The first-order valence-electron chi connectivity index (χ1n) is 4.10. The Hall–Kier alpha value is -0.120. The largest absolute Gasteiger partial charge is 0.396 e. The number of aliphatic hydroxyl groups is 2. The number of aliphatic hydroxyl groups excluding tert-OH is 2. The lowest BCUT2D eigenvalue weighted by molar-refractivity contribution is 0.115. The van der Waals surface area contributed by atoms with Gasteiger partial charge < -0.3 is 15.9 Å². The molecule has 0 amide bonds. The fourth-order valence-electron chi connectivity index (χ4n) is 1.00. The molecule has 0 aliphatic rings. The Morgan fingerprint density at radius 2 is 2.18 bits per heavy atom. The van der Waals surface area contributed by atoms with E-state index in [0.717, 1.165) is 19.3 Å². The van der Waals surface area contributed by atoms with Gasteiger partial charge >= 0.3 is 0 Å². The molecule has 0 aromatic carbocycles. The fourth-order valence-corrected chi connectivity index (χ4v) is 1.00. The van der Waals surface area contributed by atoms with Crippen LogP contribution >= 0.6 is 0 Å². The quantitative estimate of drug-likeness (QED) is 0.488.